The Labute approximate surface area is 118 Å². The van der Waals surface area contributed by atoms with Crippen LogP contribution in [0.15, 0.2) is 18.2 Å². The minimum absolute atomic E-state index is 0.368. The number of hydrogen-bond donors (Lipinski definition) is 2. The number of nitrogens with zero attached hydrogens (tertiary/aromatic N) is 1. The third kappa shape index (κ3) is 2.29. The molecule has 1 aliphatic rings. The van der Waals surface area contributed by atoms with E-state index in [0.29, 0.717) is 16.3 Å². The molecule has 0 aromatic heterocycles. The molecule has 0 bridgehead atoms. The first-order valence-electron chi connectivity index (χ1n) is 6.03. The fourth-order valence-electron chi connectivity index (χ4n) is 2.31. The zero-order valence-corrected chi connectivity index (χ0v) is 11.9. The zero-order valence-electron chi connectivity index (χ0n) is 11.1. The van der Waals surface area contributed by atoms with Crippen LogP contribution in [0.2, 0.25) is 0 Å². The summed E-state index contributed by atoms with van der Waals surface area (Å²) in [4.78, 5) is 0.542. The average molecular weight is 276 g/mol. The Morgan fingerprint density at radius 2 is 2.21 bits per heavy atom. The van der Waals surface area contributed by atoms with Crippen LogP contribution in [0.4, 0.5) is 0 Å². The van der Waals surface area contributed by atoms with Gasteiger partial charge in [-0.15, -0.1) is 0 Å². The molecule has 19 heavy (non-hydrogen) atoms. The lowest BCUT2D eigenvalue weighted by molar-refractivity contribution is -0.0467. The number of likely N-dealkylation sites (N-methyl/N-ethyl adjacent to an activating group) is 1. The van der Waals surface area contributed by atoms with Crippen molar-refractivity contribution in [3.05, 3.63) is 29.3 Å². The quantitative estimate of drug-likeness (QED) is 0.765. The van der Waals surface area contributed by atoms with Crippen molar-refractivity contribution < 1.29 is 9.84 Å². The predicted molar refractivity (Wildman–Crippen MR) is 76.3 cm³/mol. The SMILES string of the molecule is CNC(=S)[C@H]1c2cc(C#N)ccc2OC(C)(C)[C@@H]1O. The maximum Gasteiger partial charge on any atom is 0.130 e. The standard InChI is InChI=1S/C14H16N2O2S/c1-14(2)12(17)11(13(19)16-3)9-6-8(7-15)4-5-10(9)18-14/h4-6,11-12,17H,1-3H3,(H,16,19)/t11-,12+/m0/s1. The van der Waals surface area contributed by atoms with Gasteiger partial charge in [0, 0.05) is 12.6 Å². The summed E-state index contributed by atoms with van der Waals surface area (Å²) in [6.07, 6.45) is -0.770. The van der Waals surface area contributed by atoms with Gasteiger partial charge in [0.15, 0.2) is 0 Å². The molecule has 2 rings (SSSR count). The topological polar surface area (TPSA) is 65.3 Å². The van der Waals surface area contributed by atoms with Crippen LogP contribution in [-0.4, -0.2) is 28.8 Å². The second-order valence-corrected chi connectivity index (χ2v) is 5.55. The maximum absolute atomic E-state index is 10.5. The molecular formula is C14H16N2O2S. The van der Waals surface area contributed by atoms with E-state index in [-0.39, 0.29) is 5.92 Å². The second kappa shape index (κ2) is 4.80. The van der Waals surface area contributed by atoms with E-state index in [0.717, 1.165) is 5.56 Å². The molecular weight excluding hydrogens is 260 g/mol. The van der Waals surface area contributed by atoms with Crippen LogP contribution in [0.5, 0.6) is 5.75 Å². The number of aliphatic hydroxyl groups excluding tert-OH is 1. The molecule has 0 saturated carbocycles. The van der Waals surface area contributed by atoms with Crippen LogP contribution in [-0.2, 0) is 0 Å². The van der Waals surface area contributed by atoms with Crippen LogP contribution in [0.3, 0.4) is 0 Å². The van der Waals surface area contributed by atoms with E-state index in [4.69, 9.17) is 22.2 Å². The van der Waals surface area contributed by atoms with Crippen LogP contribution in [0, 0.1) is 11.3 Å². The maximum atomic E-state index is 10.5. The third-order valence-electron chi connectivity index (χ3n) is 3.40. The Morgan fingerprint density at radius 1 is 1.53 bits per heavy atom. The van der Waals surface area contributed by atoms with Gasteiger partial charge in [-0.05, 0) is 32.0 Å². The highest BCUT2D eigenvalue weighted by molar-refractivity contribution is 7.80. The highest BCUT2D eigenvalue weighted by Crippen LogP contribution is 2.41. The fourth-order valence-corrected chi connectivity index (χ4v) is 2.57. The summed E-state index contributed by atoms with van der Waals surface area (Å²) in [7, 11) is 1.73. The van der Waals surface area contributed by atoms with Crippen LogP contribution in [0.25, 0.3) is 0 Å². The molecule has 1 heterocycles. The van der Waals surface area contributed by atoms with E-state index in [9.17, 15) is 5.11 Å². The van der Waals surface area contributed by atoms with Gasteiger partial charge in [0.05, 0.1) is 22.5 Å². The van der Waals surface area contributed by atoms with Crippen molar-refractivity contribution in [3.8, 4) is 11.8 Å². The lowest BCUT2D eigenvalue weighted by Gasteiger charge is -2.42. The van der Waals surface area contributed by atoms with E-state index < -0.39 is 11.7 Å². The lowest BCUT2D eigenvalue weighted by atomic mass is 9.81. The highest BCUT2D eigenvalue weighted by atomic mass is 32.1. The molecule has 0 aliphatic carbocycles. The number of thiocarbonyl (C=S) groups is 1. The number of nitriles is 1. The van der Waals surface area contributed by atoms with Gasteiger partial charge < -0.3 is 15.2 Å². The normalized spacial score (nSPS) is 23.7. The minimum Gasteiger partial charge on any atom is -0.485 e. The monoisotopic (exact) mass is 276 g/mol. The van der Waals surface area contributed by atoms with E-state index in [1.54, 1.807) is 25.2 Å². The molecule has 0 fully saturated rings. The van der Waals surface area contributed by atoms with Crippen molar-refractivity contribution in [1.29, 1.82) is 5.26 Å². The summed E-state index contributed by atoms with van der Waals surface area (Å²) < 4.78 is 5.81. The van der Waals surface area contributed by atoms with Crippen molar-refractivity contribution in [3.63, 3.8) is 0 Å². The smallest absolute Gasteiger partial charge is 0.130 e. The summed E-state index contributed by atoms with van der Waals surface area (Å²) >= 11 is 5.30. The first-order valence-corrected chi connectivity index (χ1v) is 6.44. The molecule has 1 aromatic carbocycles. The number of nitrogens with one attached hydrogen (secondary N) is 1. The van der Waals surface area contributed by atoms with E-state index in [1.807, 2.05) is 13.8 Å². The Balaban J connectivity index is 2.59. The zero-order chi connectivity index (χ0) is 14.2. The van der Waals surface area contributed by atoms with Gasteiger partial charge in [0.2, 0.25) is 0 Å². The largest absolute Gasteiger partial charge is 0.485 e. The number of aliphatic hydroxyl groups is 1. The molecule has 0 spiro atoms. The molecule has 0 amide bonds. The minimum atomic E-state index is -0.770. The van der Waals surface area contributed by atoms with Crippen molar-refractivity contribution in [2.24, 2.45) is 0 Å². The van der Waals surface area contributed by atoms with E-state index in [2.05, 4.69) is 11.4 Å². The van der Waals surface area contributed by atoms with Crippen molar-refractivity contribution in [2.45, 2.75) is 31.5 Å². The van der Waals surface area contributed by atoms with Gasteiger partial charge in [-0.25, -0.2) is 0 Å². The Morgan fingerprint density at radius 3 is 2.79 bits per heavy atom. The van der Waals surface area contributed by atoms with Gasteiger partial charge in [0.1, 0.15) is 17.5 Å². The molecule has 2 N–H and O–H groups in total. The summed E-state index contributed by atoms with van der Waals surface area (Å²) in [5, 5.41) is 22.4. The molecule has 1 aliphatic heterocycles. The first-order chi connectivity index (χ1) is 8.90. The summed E-state index contributed by atoms with van der Waals surface area (Å²) in [5.74, 6) is 0.295. The molecule has 2 atom stereocenters. The predicted octanol–water partition coefficient (Wildman–Crippen LogP) is 1.72. The molecule has 0 unspecified atom stereocenters. The van der Waals surface area contributed by atoms with Gasteiger partial charge in [-0.3, -0.25) is 0 Å². The lowest BCUT2D eigenvalue weighted by Crippen LogP contribution is -2.52. The van der Waals surface area contributed by atoms with Crippen molar-refractivity contribution in [1.82, 2.24) is 5.32 Å². The molecule has 4 nitrogen and oxygen atoms in total. The van der Waals surface area contributed by atoms with E-state index in [1.165, 1.54) is 0 Å². The molecule has 5 heteroatoms. The number of rotatable bonds is 1. The van der Waals surface area contributed by atoms with E-state index >= 15 is 0 Å². The second-order valence-electron chi connectivity index (χ2n) is 5.11. The summed E-state index contributed by atoms with van der Waals surface area (Å²) in [5.41, 5.74) is 0.551. The Bertz CT molecular complexity index is 563. The molecule has 1 aromatic rings. The molecule has 0 saturated heterocycles. The van der Waals surface area contributed by atoms with Gasteiger partial charge in [0.25, 0.3) is 0 Å². The number of fused-ring (bicyclic) bond motifs is 1. The number of ether oxygens (including phenoxy) is 1. The summed E-state index contributed by atoms with van der Waals surface area (Å²) in [6, 6.07) is 7.27. The number of hydrogen-bond acceptors (Lipinski definition) is 4. The molecule has 100 valence electrons. The summed E-state index contributed by atoms with van der Waals surface area (Å²) in [6.45, 7) is 3.65. The van der Waals surface area contributed by atoms with Gasteiger partial charge >= 0.3 is 0 Å². The Hall–Kier alpha value is -1.64. The molecule has 0 radical (unpaired) electrons. The third-order valence-corrected chi connectivity index (χ3v) is 3.86. The van der Waals surface area contributed by atoms with Crippen molar-refractivity contribution in [2.75, 3.05) is 7.05 Å². The fraction of sp³-hybridized carbons (Fsp3) is 0.429. The first kappa shape index (κ1) is 13.8. The highest BCUT2D eigenvalue weighted by Gasteiger charge is 2.44. The van der Waals surface area contributed by atoms with Gasteiger partial charge in [-0.2, -0.15) is 5.26 Å². The number of benzene rings is 1. The van der Waals surface area contributed by atoms with Crippen LogP contribution in [0.1, 0.15) is 30.9 Å². The van der Waals surface area contributed by atoms with Crippen LogP contribution >= 0.6 is 12.2 Å². The van der Waals surface area contributed by atoms with Gasteiger partial charge in [-0.1, -0.05) is 12.2 Å². The Kier molecular flexibility index (Phi) is 3.48. The average Bonchev–Trinajstić information content (AvgIpc) is 2.38. The van der Waals surface area contributed by atoms with Crippen LogP contribution < -0.4 is 10.1 Å². The van der Waals surface area contributed by atoms with Crippen molar-refractivity contribution >= 4 is 17.2 Å².